The van der Waals surface area contributed by atoms with E-state index in [1.165, 1.54) is 17.6 Å². The van der Waals surface area contributed by atoms with Gasteiger partial charge in [0.05, 0.1) is 37.8 Å². The molecule has 0 atom stereocenters. The van der Waals surface area contributed by atoms with E-state index < -0.39 is 21.7 Å². The highest BCUT2D eigenvalue weighted by atomic mass is 35.5. The summed E-state index contributed by atoms with van der Waals surface area (Å²) < 4.78 is 66.6. The smallest absolute Gasteiger partial charge is 0.325 e. The predicted octanol–water partition coefficient (Wildman–Crippen LogP) is 6.87. The summed E-state index contributed by atoms with van der Waals surface area (Å²) in [7, 11) is -2.22. The van der Waals surface area contributed by atoms with Crippen LogP contribution in [0.5, 0.6) is 0 Å². The number of alkyl halides is 3. The average Bonchev–Trinajstić information content (AvgIpc) is 3.28. The quantitative estimate of drug-likeness (QED) is 0.323. The normalized spacial score (nSPS) is 13.7. The number of rotatable bonds is 6. The van der Waals surface area contributed by atoms with E-state index in [9.17, 15) is 21.6 Å². The summed E-state index contributed by atoms with van der Waals surface area (Å²) in [6.07, 6.45) is 1.13. The topological polar surface area (TPSA) is 64.8 Å². The second-order valence-electron chi connectivity index (χ2n) is 6.96. The van der Waals surface area contributed by atoms with E-state index in [-0.39, 0.29) is 31.9 Å². The van der Waals surface area contributed by atoms with Gasteiger partial charge in [0.1, 0.15) is 10.6 Å². The summed E-state index contributed by atoms with van der Waals surface area (Å²) in [5.74, 6) is -0.0475. The Labute approximate surface area is 202 Å². The lowest BCUT2D eigenvalue weighted by Crippen LogP contribution is -2.07. The number of aromatic nitrogens is 3. The van der Waals surface area contributed by atoms with Crippen molar-refractivity contribution >= 4 is 61.0 Å². The summed E-state index contributed by atoms with van der Waals surface area (Å²) in [5, 5.41) is 0.405. The molecule has 3 rings (SSSR count). The van der Waals surface area contributed by atoms with E-state index >= 15 is 0 Å². The highest BCUT2D eigenvalue weighted by Crippen LogP contribution is 2.46. The number of sulfone groups is 1. The van der Waals surface area contributed by atoms with Crippen molar-refractivity contribution < 1.29 is 21.6 Å². The fourth-order valence-corrected chi connectivity index (χ4v) is 6.55. The number of hydrogen-bond donors (Lipinski definition) is 0. The molecule has 0 unspecified atom stereocenters. The molecule has 0 spiro atoms. The molecule has 3 heterocycles. The second-order valence-corrected chi connectivity index (χ2v) is 11.0. The number of thiophene rings is 1. The van der Waals surface area contributed by atoms with Crippen molar-refractivity contribution in [2.45, 2.75) is 24.9 Å². The third kappa shape index (κ3) is 4.89. The number of pyridine rings is 1. The van der Waals surface area contributed by atoms with E-state index in [1.54, 1.807) is 26.1 Å². The highest BCUT2D eigenvalue weighted by Gasteiger charge is 2.34. The number of aryl methyl sites for hydroxylation is 1. The van der Waals surface area contributed by atoms with E-state index in [1.807, 2.05) is 0 Å². The molecular formula is C21H18Cl2F3N3O2S2. The Morgan fingerprint density at radius 3 is 2.58 bits per heavy atom. The molecule has 33 heavy (non-hydrogen) atoms. The lowest BCUT2D eigenvalue weighted by molar-refractivity contribution is -0.141. The van der Waals surface area contributed by atoms with Crippen LogP contribution in [0.3, 0.4) is 0 Å². The molecule has 0 aliphatic heterocycles. The number of halogens is 5. The van der Waals surface area contributed by atoms with Crippen molar-refractivity contribution in [1.29, 1.82) is 0 Å². The molecule has 0 aromatic carbocycles. The molecular weight excluding hydrogens is 518 g/mol. The summed E-state index contributed by atoms with van der Waals surface area (Å²) in [6.45, 7) is 6.78. The molecule has 0 amide bonds. The van der Waals surface area contributed by atoms with Gasteiger partial charge in [-0.3, -0.25) is 0 Å². The van der Waals surface area contributed by atoms with Gasteiger partial charge in [0, 0.05) is 12.1 Å². The van der Waals surface area contributed by atoms with Crippen LogP contribution in [0.25, 0.3) is 27.3 Å². The molecule has 0 saturated heterocycles. The lowest BCUT2D eigenvalue weighted by Gasteiger charge is -2.06. The maximum absolute atomic E-state index is 13.1. The van der Waals surface area contributed by atoms with Gasteiger partial charge < -0.3 is 4.57 Å². The van der Waals surface area contributed by atoms with Crippen LogP contribution in [0.1, 0.15) is 24.4 Å². The van der Waals surface area contributed by atoms with Gasteiger partial charge in [-0.15, -0.1) is 11.3 Å². The largest absolute Gasteiger partial charge is 0.433 e. The Morgan fingerprint density at radius 2 is 2.00 bits per heavy atom. The van der Waals surface area contributed by atoms with Gasteiger partial charge in [-0.25, -0.2) is 18.4 Å². The Balaban J connectivity index is 2.31. The van der Waals surface area contributed by atoms with Gasteiger partial charge >= 0.3 is 6.18 Å². The first-order chi connectivity index (χ1) is 15.3. The molecule has 0 aliphatic carbocycles. The molecule has 3 aromatic rings. The number of nitrogens with zero attached hydrogens (tertiary/aromatic N) is 3. The molecule has 12 heteroatoms. The monoisotopic (exact) mass is 535 g/mol. The minimum absolute atomic E-state index is 0.0230. The third-order valence-corrected chi connectivity index (χ3v) is 8.93. The first kappa shape index (κ1) is 25.5. The van der Waals surface area contributed by atoms with Crippen LogP contribution in [-0.4, -0.2) is 28.7 Å². The van der Waals surface area contributed by atoms with Crippen molar-refractivity contribution in [2.75, 3.05) is 5.75 Å². The SMILES string of the molecule is C=C/C(Cl)=C\C=C(/C)c1sc(-c2nc3cc(C(F)(F)F)ncc3n2C)c(S(=O)(=O)CC)c1Cl. The van der Waals surface area contributed by atoms with E-state index in [2.05, 4.69) is 16.5 Å². The van der Waals surface area contributed by atoms with Gasteiger partial charge in [0.15, 0.2) is 15.7 Å². The minimum atomic E-state index is -4.63. The van der Waals surface area contributed by atoms with Gasteiger partial charge in [0.2, 0.25) is 0 Å². The Hall–Kier alpha value is -2.14. The lowest BCUT2D eigenvalue weighted by atomic mass is 10.2. The number of allylic oxidation sites excluding steroid dienone is 5. The molecule has 0 aliphatic rings. The van der Waals surface area contributed by atoms with Crippen molar-refractivity contribution in [3.8, 4) is 10.7 Å². The molecule has 0 saturated carbocycles. The first-order valence-electron chi connectivity index (χ1n) is 9.43. The van der Waals surface area contributed by atoms with Crippen LogP contribution < -0.4 is 0 Å². The fourth-order valence-electron chi connectivity index (χ4n) is 3.01. The van der Waals surface area contributed by atoms with Crippen molar-refractivity contribution in [1.82, 2.24) is 14.5 Å². The zero-order valence-corrected chi connectivity index (χ0v) is 20.8. The van der Waals surface area contributed by atoms with Crippen molar-refractivity contribution in [3.63, 3.8) is 0 Å². The Morgan fingerprint density at radius 1 is 1.33 bits per heavy atom. The maximum atomic E-state index is 13.1. The van der Waals surface area contributed by atoms with Gasteiger partial charge in [-0.2, -0.15) is 13.2 Å². The van der Waals surface area contributed by atoms with Crippen LogP contribution in [0, 0.1) is 0 Å². The summed E-state index contributed by atoms with van der Waals surface area (Å²) >= 11 is 13.6. The predicted molar refractivity (Wildman–Crippen MR) is 127 cm³/mol. The molecule has 3 aromatic heterocycles. The minimum Gasteiger partial charge on any atom is -0.325 e. The van der Waals surface area contributed by atoms with Crippen molar-refractivity contribution in [2.24, 2.45) is 7.05 Å². The molecule has 0 fully saturated rings. The fraction of sp³-hybridized carbons (Fsp3) is 0.238. The Bertz CT molecular complexity index is 1420. The van der Waals surface area contributed by atoms with Crippen LogP contribution in [0.2, 0.25) is 5.02 Å². The summed E-state index contributed by atoms with van der Waals surface area (Å²) in [6, 6.07) is 0.830. The van der Waals surface area contributed by atoms with Crippen LogP contribution in [0.4, 0.5) is 13.2 Å². The van der Waals surface area contributed by atoms with Gasteiger partial charge in [0.25, 0.3) is 0 Å². The number of hydrogen-bond acceptors (Lipinski definition) is 5. The number of imidazole rings is 1. The maximum Gasteiger partial charge on any atom is 0.433 e. The van der Waals surface area contributed by atoms with E-state index in [0.29, 0.717) is 21.0 Å². The molecule has 0 bridgehead atoms. The molecule has 0 N–H and O–H groups in total. The zero-order valence-electron chi connectivity index (χ0n) is 17.7. The second kappa shape index (κ2) is 9.25. The molecule has 176 valence electrons. The standard InChI is InChI=1S/C21H18Cl2F3N3O2S2/c1-5-12(22)8-7-11(3)17-16(23)19(33(30,31)6-2)18(32-17)20-28-13-9-15(21(24,25)26)27-10-14(13)29(20)4/h5,7-10H,1,6H2,2-4H3/b11-7+,12-8+. The summed E-state index contributed by atoms with van der Waals surface area (Å²) in [4.78, 5) is 8.38. The summed E-state index contributed by atoms with van der Waals surface area (Å²) in [5.41, 5.74) is -0.0928. The van der Waals surface area contributed by atoms with Gasteiger partial charge in [-0.05, 0) is 24.6 Å². The third-order valence-electron chi connectivity index (χ3n) is 4.81. The molecule has 0 radical (unpaired) electrons. The van der Waals surface area contributed by atoms with E-state index in [0.717, 1.165) is 23.6 Å². The molecule has 5 nitrogen and oxygen atoms in total. The zero-order chi connectivity index (χ0) is 24.7. The van der Waals surface area contributed by atoms with Crippen molar-refractivity contribution in [3.05, 3.63) is 57.7 Å². The van der Waals surface area contributed by atoms with Crippen LogP contribution in [0.15, 0.2) is 47.0 Å². The van der Waals surface area contributed by atoms with Crippen LogP contribution >= 0.6 is 34.5 Å². The highest BCUT2D eigenvalue weighted by molar-refractivity contribution is 7.91. The Kier molecular flexibility index (Phi) is 7.14. The average molecular weight is 536 g/mol. The van der Waals surface area contributed by atoms with Gasteiger partial charge in [-0.1, -0.05) is 48.9 Å². The first-order valence-corrected chi connectivity index (χ1v) is 12.7. The van der Waals surface area contributed by atoms with Crippen LogP contribution in [-0.2, 0) is 23.1 Å². The number of fused-ring (bicyclic) bond motifs is 1. The van der Waals surface area contributed by atoms with E-state index in [4.69, 9.17) is 23.2 Å².